The summed E-state index contributed by atoms with van der Waals surface area (Å²) in [7, 11) is 0. The zero-order valence-corrected chi connectivity index (χ0v) is 19.4. The molecule has 0 saturated carbocycles. The van der Waals surface area contributed by atoms with E-state index in [-0.39, 0.29) is 19.6 Å². The summed E-state index contributed by atoms with van der Waals surface area (Å²) in [5, 5.41) is 27.8. The summed E-state index contributed by atoms with van der Waals surface area (Å²) in [5.74, 6) is -2.79. The van der Waals surface area contributed by atoms with Gasteiger partial charge in [0.25, 0.3) is 0 Å². The van der Waals surface area contributed by atoms with Gasteiger partial charge in [0.2, 0.25) is 0 Å². The van der Waals surface area contributed by atoms with E-state index >= 15 is 0 Å². The Morgan fingerprint density at radius 1 is 0.606 bits per heavy atom. The van der Waals surface area contributed by atoms with Gasteiger partial charge >= 0.3 is 17.9 Å². The van der Waals surface area contributed by atoms with Gasteiger partial charge in [-0.1, -0.05) is 31.2 Å². The Labute approximate surface area is 195 Å². The van der Waals surface area contributed by atoms with Gasteiger partial charge in [-0.05, 0) is 17.5 Å². The number of carboxylic acids is 3. The van der Waals surface area contributed by atoms with Crippen LogP contribution in [-0.4, -0.2) is 125 Å². The Balaban J connectivity index is 2.15. The van der Waals surface area contributed by atoms with Crippen LogP contribution in [0.2, 0.25) is 0 Å². The molecule has 10 heteroatoms. The lowest BCUT2D eigenvalue weighted by atomic mass is 10.1. The average molecular weight is 465 g/mol. The van der Waals surface area contributed by atoms with Gasteiger partial charge in [-0.15, -0.1) is 0 Å². The summed E-state index contributed by atoms with van der Waals surface area (Å²) < 4.78 is 0. The van der Waals surface area contributed by atoms with Crippen molar-refractivity contribution in [2.45, 2.75) is 19.9 Å². The minimum Gasteiger partial charge on any atom is -0.480 e. The van der Waals surface area contributed by atoms with Crippen molar-refractivity contribution in [3.8, 4) is 0 Å². The van der Waals surface area contributed by atoms with E-state index in [0.29, 0.717) is 58.9 Å². The molecule has 0 spiro atoms. The predicted octanol–water partition coefficient (Wildman–Crippen LogP) is 0.224. The van der Waals surface area contributed by atoms with Crippen LogP contribution >= 0.6 is 0 Å². The summed E-state index contributed by atoms with van der Waals surface area (Å²) in [6.07, 6.45) is 0.969. The Kier molecular flexibility index (Phi) is 11.2. The lowest BCUT2D eigenvalue weighted by Gasteiger charge is -2.33. The second-order valence-electron chi connectivity index (χ2n) is 8.46. The molecular formula is C23H36N4O6. The van der Waals surface area contributed by atoms with Crippen LogP contribution in [-0.2, 0) is 27.3 Å². The number of nitrogens with zero attached hydrogens (tertiary/aromatic N) is 4. The molecule has 0 atom stereocenters. The monoisotopic (exact) mass is 464 g/mol. The van der Waals surface area contributed by atoms with Crippen molar-refractivity contribution in [2.24, 2.45) is 0 Å². The first-order chi connectivity index (χ1) is 15.7. The Morgan fingerprint density at radius 2 is 0.909 bits per heavy atom. The first kappa shape index (κ1) is 26.7. The maximum atomic E-state index is 11.4. The van der Waals surface area contributed by atoms with E-state index in [9.17, 15) is 29.7 Å². The van der Waals surface area contributed by atoms with Gasteiger partial charge in [0.15, 0.2) is 0 Å². The van der Waals surface area contributed by atoms with E-state index in [1.807, 2.05) is 9.80 Å². The van der Waals surface area contributed by atoms with Crippen molar-refractivity contribution in [1.82, 2.24) is 19.6 Å². The van der Waals surface area contributed by atoms with E-state index in [2.05, 4.69) is 36.1 Å². The molecule has 2 rings (SSSR count). The predicted molar refractivity (Wildman–Crippen MR) is 123 cm³/mol. The molecule has 33 heavy (non-hydrogen) atoms. The van der Waals surface area contributed by atoms with Crippen molar-refractivity contribution < 1.29 is 29.7 Å². The SMILES string of the molecule is CCc1ccc(CN2CCN(CC(=O)O)CCN(CC(=O)O)CCN(CC(=O)O)CC2)cc1. The number of hydrogen-bond donors (Lipinski definition) is 3. The molecule has 0 amide bonds. The second-order valence-corrected chi connectivity index (χ2v) is 8.46. The summed E-state index contributed by atoms with van der Waals surface area (Å²) in [4.78, 5) is 41.6. The summed E-state index contributed by atoms with van der Waals surface area (Å²) in [5.41, 5.74) is 2.42. The van der Waals surface area contributed by atoms with Crippen LogP contribution in [0.4, 0.5) is 0 Å². The van der Waals surface area contributed by atoms with Crippen molar-refractivity contribution >= 4 is 17.9 Å². The number of carboxylic acid groups (broad SMARTS) is 3. The second kappa shape index (κ2) is 13.9. The topological polar surface area (TPSA) is 125 Å². The van der Waals surface area contributed by atoms with Crippen LogP contribution in [0.5, 0.6) is 0 Å². The fourth-order valence-electron chi connectivity index (χ4n) is 3.92. The lowest BCUT2D eigenvalue weighted by Crippen LogP contribution is -2.48. The fraction of sp³-hybridized carbons (Fsp3) is 0.609. The third-order valence-corrected chi connectivity index (χ3v) is 5.84. The third kappa shape index (κ3) is 10.8. The van der Waals surface area contributed by atoms with Gasteiger partial charge in [0.1, 0.15) is 0 Å². The van der Waals surface area contributed by atoms with Crippen molar-refractivity contribution in [2.75, 3.05) is 72.0 Å². The molecule has 0 unspecified atom stereocenters. The maximum Gasteiger partial charge on any atom is 0.317 e. The molecule has 1 fully saturated rings. The molecule has 0 aliphatic carbocycles. The highest BCUT2D eigenvalue weighted by Crippen LogP contribution is 2.09. The Bertz CT molecular complexity index is 741. The van der Waals surface area contributed by atoms with Crippen molar-refractivity contribution in [3.05, 3.63) is 35.4 Å². The van der Waals surface area contributed by atoms with Crippen LogP contribution in [0, 0.1) is 0 Å². The standard InChI is InChI=1S/C23H36N4O6/c1-2-19-3-5-20(6-4-19)15-24-7-9-25(16-21(28)29)11-13-27(18-23(32)33)14-12-26(10-8-24)17-22(30)31/h3-6H,2,7-18H2,1H3,(H,28,29)(H,30,31)(H,32,33). The van der Waals surface area contributed by atoms with Crippen LogP contribution < -0.4 is 0 Å². The maximum absolute atomic E-state index is 11.4. The number of benzene rings is 1. The molecule has 1 aromatic rings. The number of carbonyl (C=O) groups is 3. The van der Waals surface area contributed by atoms with Crippen LogP contribution in [0.15, 0.2) is 24.3 Å². The highest BCUT2D eigenvalue weighted by molar-refractivity contribution is 5.69. The highest BCUT2D eigenvalue weighted by atomic mass is 16.4. The molecule has 1 saturated heterocycles. The van der Waals surface area contributed by atoms with E-state index in [1.165, 1.54) is 5.56 Å². The molecule has 1 heterocycles. The number of rotatable bonds is 9. The molecule has 0 aromatic heterocycles. The van der Waals surface area contributed by atoms with Gasteiger partial charge in [0.05, 0.1) is 19.6 Å². The van der Waals surface area contributed by atoms with E-state index < -0.39 is 17.9 Å². The third-order valence-electron chi connectivity index (χ3n) is 5.84. The van der Waals surface area contributed by atoms with Gasteiger partial charge in [-0.3, -0.25) is 34.0 Å². The van der Waals surface area contributed by atoms with Crippen molar-refractivity contribution in [3.63, 3.8) is 0 Å². The normalized spacial score (nSPS) is 18.3. The smallest absolute Gasteiger partial charge is 0.317 e. The highest BCUT2D eigenvalue weighted by Gasteiger charge is 2.20. The first-order valence-electron chi connectivity index (χ1n) is 11.4. The molecule has 3 N–H and O–H groups in total. The van der Waals surface area contributed by atoms with E-state index in [4.69, 9.17) is 0 Å². The van der Waals surface area contributed by atoms with Crippen LogP contribution in [0.3, 0.4) is 0 Å². The molecule has 0 bridgehead atoms. The molecule has 184 valence electrons. The minimum absolute atomic E-state index is 0.106. The first-order valence-corrected chi connectivity index (χ1v) is 11.4. The van der Waals surface area contributed by atoms with E-state index in [0.717, 1.165) is 12.0 Å². The molecule has 10 nitrogen and oxygen atoms in total. The van der Waals surface area contributed by atoms with Gasteiger partial charge in [-0.25, -0.2) is 0 Å². The van der Waals surface area contributed by atoms with Gasteiger partial charge in [-0.2, -0.15) is 0 Å². The van der Waals surface area contributed by atoms with Gasteiger partial charge in [0, 0.05) is 58.9 Å². The van der Waals surface area contributed by atoms with Crippen LogP contribution in [0.25, 0.3) is 0 Å². The fourth-order valence-corrected chi connectivity index (χ4v) is 3.92. The number of hydrogen-bond acceptors (Lipinski definition) is 7. The zero-order valence-electron chi connectivity index (χ0n) is 19.4. The molecule has 1 aliphatic heterocycles. The summed E-state index contributed by atoms with van der Waals surface area (Å²) in [6.45, 7) is 6.39. The minimum atomic E-state index is -0.961. The average Bonchev–Trinajstić information content (AvgIpc) is 2.75. The van der Waals surface area contributed by atoms with Crippen molar-refractivity contribution in [1.29, 1.82) is 0 Å². The molecular weight excluding hydrogens is 428 g/mol. The molecule has 1 aliphatic rings. The molecule has 1 aromatic carbocycles. The summed E-state index contributed by atoms with van der Waals surface area (Å²) in [6, 6.07) is 8.41. The van der Waals surface area contributed by atoms with Gasteiger partial charge < -0.3 is 15.3 Å². The van der Waals surface area contributed by atoms with E-state index in [1.54, 1.807) is 4.90 Å². The Morgan fingerprint density at radius 3 is 1.21 bits per heavy atom. The number of aliphatic carboxylic acids is 3. The quantitative estimate of drug-likeness (QED) is 0.467. The zero-order chi connectivity index (χ0) is 24.2. The lowest BCUT2D eigenvalue weighted by molar-refractivity contribution is -0.140. The number of aryl methyl sites for hydroxylation is 1. The largest absolute Gasteiger partial charge is 0.480 e. The Hall–Kier alpha value is -2.53. The summed E-state index contributed by atoms with van der Waals surface area (Å²) >= 11 is 0. The molecule has 0 radical (unpaired) electrons. The van der Waals surface area contributed by atoms with Crippen LogP contribution in [0.1, 0.15) is 18.1 Å².